The molecule has 0 atom stereocenters. The number of hydrogen-bond donors (Lipinski definition) is 1. The zero-order chi connectivity index (χ0) is 7.82. The molecule has 3 nitrogen and oxygen atoms in total. The Morgan fingerprint density at radius 3 is 2.70 bits per heavy atom. The van der Waals surface area contributed by atoms with Gasteiger partial charge in [0.05, 0.1) is 0 Å². The van der Waals surface area contributed by atoms with Crippen LogP contribution in [0, 0.1) is 0 Å². The van der Waals surface area contributed by atoms with Gasteiger partial charge in [0.15, 0.2) is 0 Å². The van der Waals surface area contributed by atoms with Crippen LogP contribution in [0.5, 0.6) is 0 Å². The average Bonchev–Trinajstić information content (AvgIpc) is 1.89. The van der Waals surface area contributed by atoms with Crippen LogP contribution in [0.2, 0.25) is 0 Å². The van der Waals surface area contributed by atoms with Crippen molar-refractivity contribution in [1.29, 1.82) is 0 Å². The van der Waals surface area contributed by atoms with Crippen molar-refractivity contribution in [2.75, 3.05) is 6.73 Å². The summed E-state index contributed by atoms with van der Waals surface area (Å²) in [6.45, 7) is 2.10. The first-order valence-corrected chi connectivity index (χ1v) is 3.67. The Hall–Kier alpha value is -0.570. The molecule has 3 heteroatoms. The van der Waals surface area contributed by atoms with Crippen molar-refractivity contribution >= 4 is 5.97 Å². The van der Waals surface area contributed by atoms with Crippen LogP contribution in [-0.2, 0) is 9.53 Å². The molecule has 0 bridgehead atoms. The van der Waals surface area contributed by atoms with Gasteiger partial charge >= 0.3 is 5.97 Å². The number of rotatable bonds is 5. The van der Waals surface area contributed by atoms with Crippen LogP contribution in [0.1, 0.15) is 32.6 Å². The Morgan fingerprint density at radius 2 is 2.20 bits per heavy atom. The number of carbonyl (C=O) groups is 1. The van der Waals surface area contributed by atoms with Gasteiger partial charge in [-0.3, -0.25) is 10.5 Å². The van der Waals surface area contributed by atoms with Crippen LogP contribution in [-0.4, -0.2) is 12.7 Å². The van der Waals surface area contributed by atoms with Crippen molar-refractivity contribution in [3.63, 3.8) is 0 Å². The fourth-order valence-corrected chi connectivity index (χ4v) is 0.684. The molecule has 0 rings (SSSR count). The Kier molecular flexibility index (Phi) is 6.18. The summed E-state index contributed by atoms with van der Waals surface area (Å²) in [5, 5.41) is 0. The van der Waals surface area contributed by atoms with Gasteiger partial charge in [-0.25, -0.2) is 0 Å². The molecule has 0 radical (unpaired) electrons. The van der Waals surface area contributed by atoms with E-state index >= 15 is 0 Å². The summed E-state index contributed by atoms with van der Waals surface area (Å²) in [6.07, 6.45) is 3.62. The molecular formula is C7H15NO2. The van der Waals surface area contributed by atoms with Gasteiger partial charge in [-0.1, -0.05) is 19.8 Å². The van der Waals surface area contributed by atoms with Crippen LogP contribution >= 0.6 is 0 Å². The van der Waals surface area contributed by atoms with Gasteiger partial charge in [0, 0.05) is 6.42 Å². The minimum atomic E-state index is -0.184. The summed E-state index contributed by atoms with van der Waals surface area (Å²) in [7, 11) is 0. The number of unbranched alkanes of at least 4 members (excludes halogenated alkanes) is 2. The minimum Gasteiger partial charge on any atom is -0.450 e. The lowest BCUT2D eigenvalue weighted by atomic mass is 10.2. The van der Waals surface area contributed by atoms with Gasteiger partial charge in [0.2, 0.25) is 0 Å². The first-order valence-electron chi connectivity index (χ1n) is 3.67. The predicted octanol–water partition coefficient (Wildman–Crippen LogP) is 1.03. The number of hydrogen-bond acceptors (Lipinski definition) is 3. The van der Waals surface area contributed by atoms with E-state index in [2.05, 4.69) is 11.7 Å². The van der Waals surface area contributed by atoms with Crippen molar-refractivity contribution in [3.05, 3.63) is 0 Å². The third-order valence-corrected chi connectivity index (χ3v) is 1.23. The quantitative estimate of drug-likeness (QED) is 0.357. The number of esters is 1. The molecule has 0 fully saturated rings. The van der Waals surface area contributed by atoms with Crippen LogP contribution in [0.15, 0.2) is 0 Å². The third-order valence-electron chi connectivity index (χ3n) is 1.23. The molecule has 0 amide bonds. The average molecular weight is 145 g/mol. The van der Waals surface area contributed by atoms with E-state index < -0.39 is 0 Å². The van der Waals surface area contributed by atoms with Crippen LogP contribution in [0.25, 0.3) is 0 Å². The molecular weight excluding hydrogens is 130 g/mol. The number of nitrogens with two attached hydrogens (primary N) is 1. The lowest BCUT2D eigenvalue weighted by molar-refractivity contribution is -0.143. The van der Waals surface area contributed by atoms with E-state index in [1.54, 1.807) is 0 Å². The lowest BCUT2D eigenvalue weighted by Crippen LogP contribution is -2.11. The standard InChI is InChI=1S/C7H15NO2/c1-2-3-4-5-7(9)10-6-8/h2-6,8H2,1H3. The monoisotopic (exact) mass is 145 g/mol. The van der Waals surface area contributed by atoms with Crippen molar-refractivity contribution in [2.24, 2.45) is 5.73 Å². The molecule has 0 aliphatic heterocycles. The third kappa shape index (κ3) is 5.56. The largest absolute Gasteiger partial charge is 0.450 e. The van der Waals surface area contributed by atoms with Gasteiger partial charge in [-0.05, 0) is 6.42 Å². The molecule has 60 valence electrons. The second-order valence-electron chi connectivity index (χ2n) is 2.14. The Morgan fingerprint density at radius 1 is 1.50 bits per heavy atom. The van der Waals surface area contributed by atoms with Gasteiger partial charge in [-0.15, -0.1) is 0 Å². The molecule has 10 heavy (non-hydrogen) atoms. The van der Waals surface area contributed by atoms with E-state index in [0.717, 1.165) is 19.3 Å². The first-order chi connectivity index (χ1) is 4.81. The normalized spacial score (nSPS) is 9.40. The number of carbonyl (C=O) groups excluding carboxylic acids is 1. The van der Waals surface area contributed by atoms with E-state index in [9.17, 15) is 4.79 Å². The van der Waals surface area contributed by atoms with Crippen LogP contribution < -0.4 is 5.73 Å². The predicted molar refractivity (Wildman–Crippen MR) is 39.3 cm³/mol. The molecule has 0 heterocycles. The summed E-state index contributed by atoms with van der Waals surface area (Å²) in [4.78, 5) is 10.6. The van der Waals surface area contributed by atoms with Crippen molar-refractivity contribution in [1.82, 2.24) is 0 Å². The van der Waals surface area contributed by atoms with Gasteiger partial charge in [0.25, 0.3) is 0 Å². The van der Waals surface area contributed by atoms with E-state index in [1.807, 2.05) is 0 Å². The zero-order valence-corrected chi connectivity index (χ0v) is 6.43. The van der Waals surface area contributed by atoms with Gasteiger partial charge in [0.1, 0.15) is 6.73 Å². The Balaban J connectivity index is 3.05. The Bertz CT molecular complexity index is 93.6. The topological polar surface area (TPSA) is 52.3 Å². The highest BCUT2D eigenvalue weighted by atomic mass is 16.5. The molecule has 0 aliphatic rings. The van der Waals surface area contributed by atoms with Gasteiger partial charge in [-0.2, -0.15) is 0 Å². The molecule has 0 spiro atoms. The van der Waals surface area contributed by atoms with E-state index in [4.69, 9.17) is 5.73 Å². The Labute approximate surface area is 61.5 Å². The van der Waals surface area contributed by atoms with Crippen molar-refractivity contribution in [2.45, 2.75) is 32.6 Å². The van der Waals surface area contributed by atoms with Crippen molar-refractivity contribution < 1.29 is 9.53 Å². The molecule has 0 aliphatic carbocycles. The summed E-state index contributed by atoms with van der Waals surface area (Å²) in [5.74, 6) is -0.184. The number of ether oxygens (including phenoxy) is 1. The summed E-state index contributed by atoms with van der Waals surface area (Å²) in [5.41, 5.74) is 4.99. The maximum absolute atomic E-state index is 10.6. The van der Waals surface area contributed by atoms with Crippen LogP contribution in [0.4, 0.5) is 0 Å². The molecule has 0 aromatic heterocycles. The molecule has 2 N–H and O–H groups in total. The summed E-state index contributed by atoms with van der Waals surface area (Å²) in [6, 6.07) is 0. The fraction of sp³-hybridized carbons (Fsp3) is 0.857. The highest BCUT2D eigenvalue weighted by molar-refractivity contribution is 5.69. The minimum absolute atomic E-state index is 0.00492. The molecule has 0 aromatic carbocycles. The molecule has 0 aromatic rings. The smallest absolute Gasteiger partial charge is 0.307 e. The van der Waals surface area contributed by atoms with Crippen molar-refractivity contribution in [3.8, 4) is 0 Å². The maximum Gasteiger partial charge on any atom is 0.307 e. The highest BCUT2D eigenvalue weighted by Gasteiger charge is 1.98. The first kappa shape index (κ1) is 9.43. The summed E-state index contributed by atoms with van der Waals surface area (Å²) < 4.78 is 4.53. The highest BCUT2D eigenvalue weighted by Crippen LogP contribution is 1.99. The van der Waals surface area contributed by atoms with E-state index in [-0.39, 0.29) is 12.7 Å². The van der Waals surface area contributed by atoms with E-state index in [1.165, 1.54) is 0 Å². The van der Waals surface area contributed by atoms with Crippen LogP contribution in [0.3, 0.4) is 0 Å². The van der Waals surface area contributed by atoms with Gasteiger partial charge < -0.3 is 4.74 Å². The SMILES string of the molecule is CCCCCC(=O)OCN. The fourth-order valence-electron chi connectivity index (χ4n) is 0.684. The second-order valence-corrected chi connectivity index (χ2v) is 2.14. The molecule has 0 saturated carbocycles. The second kappa shape index (κ2) is 6.55. The molecule has 0 saturated heterocycles. The molecule has 0 unspecified atom stereocenters. The zero-order valence-electron chi connectivity index (χ0n) is 6.43. The maximum atomic E-state index is 10.6. The lowest BCUT2D eigenvalue weighted by Gasteiger charge is -1.99. The van der Waals surface area contributed by atoms with E-state index in [0.29, 0.717) is 6.42 Å². The summed E-state index contributed by atoms with van der Waals surface area (Å²) >= 11 is 0.